The fourth-order valence-corrected chi connectivity index (χ4v) is 5.07. The van der Waals surface area contributed by atoms with Crippen LogP contribution in [0, 0.1) is 10.8 Å². The molecular weight excluding hydrogens is 336 g/mol. The van der Waals surface area contributed by atoms with Crippen molar-refractivity contribution >= 4 is 0 Å². The van der Waals surface area contributed by atoms with E-state index in [0.717, 1.165) is 56.7 Å². The number of likely N-dealkylation sites (tertiary alicyclic amines) is 1. The van der Waals surface area contributed by atoms with Crippen LogP contribution in [0.15, 0.2) is 23.7 Å². The molecule has 0 unspecified atom stereocenters. The Morgan fingerprint density at radius 1 is 1.00 bits per heavy atom. The van der Waals surface area contributed by atoms with Crippen molar-refractivity contribution in [2.75, 3.05) is 54.5 Å². The highest BCUT2D eigenvalue weighted by molar-refractivity contribution is 5.35. The highest BCUT2D eigenvalue weighted by atomic mass is 16.5. The third kappa shape index (κ3) is 5.08. The molecule has 0 amide bonds. The van der Waals surface area contributed by atoms with Gasteiger partial charge in [-0.25, -0.2) is 0 Å². The molecule has 4 heteroatoms. The Morgan fingerprint density at radius 3 is 2.07 bits per heavy atom. The van der Waals surface area contributed by atoms with E-state index in [9.17, 15) is 0 Å². The predicted octanol–water partition coefficient (Wildman–Crippen LogP) is 4.68. The number of nitrogens with zero attached hydrogens (tertiary/aromatic N) is 2. The summed E-state index contributed by atoms with van der Waals surface area (Å²) in [6.45, 7) is 9.13. The molecular formula is C23H42N2O2. The molecule has 2 aliphatic rings. The first-order valence-electron chi connectivity index (χ1n) is 10.9. The minimum absolute atomic E-state index is 0.0720. The van der Waals surface area contributed by atoms with Gasteiger partial charge in [-0.2, -0.15) is 0 Å². The van der Waals surface area contributed by atoms with Gasteiger partial charge in [-0.15, -0.1) is 0 Å². The van der Waals surface area contributed by atoms with Crippen LogP contribution in [-0.4, -0.2) is 64.3 Å². The van der Waals surface area contributed by atoms with E-state index in [2.05, 4.69) is 49.9 Å². The van der Waals surface area contributed by atoms with Gasteiger partial charge in [-0.05, 0) is 78.0 Å². The van der Waals surface area contributed by atoms with Crippen molar-refractivity contribution in [3.8, 4) is 0 Å². The zero-order chi connectivity index (χ0) is 19.9. The molecule has 4 nitrogen and oxygen atoms in total. The number of hydrogen-bond donors (Lipinski definition) is 0. The summed E-state index contributed by atoms with van der Waals surface area (Å²) in [6, 6.07) is 0. The van der Waals surface area contributed by atoms with Crippen molar-refractivity contribution in [1.29, 1.82) is 0 Å². The lowest BCUT2D eigenvalue weighted by Crippen LogP contribution is -2.36. The number of rotatable bonds is 11. The van der Waals surface area contributed by atoms with Crippen LogP contribution in [0.4, 0.5) is 0 Å². The van der Waals surface area contributed by atoms with E-state index >= 15 is 0 Å². The van der Waals surface area contributed by atoms with Gasteiger partial charge in [0.1, 0.15) is 11.5 Å². The SMILES string of the molecule is CCCC1(CCC)C(OC)=CC2(C=C1OC)CCN(CCCCN(C)C)C2. The van der Waals surface area contributed by atoms with E-state index in [0.29, 0.717) is 0 Å². The van der Waals surface area contributed by atoms with Crippen LogP contribution in [0.1, 0.15) is 58.8 Å². The third-order valence-electron chi connectivity index (χ3n) is 6.31. The van der Waals surface area contributed by atoms with E-state index in [1.165, 1.54) is 25.9 Å². The number of methoxy groups -OCH3 is 2. The lowest BCUT2D eigenvalue weighted by atomic mass is 9.67. The van der Waals surface area contributed by atoms with Crippen molar-refractivity contribution in [2.45, 2.75) is 58.8 Å². The third-order valence-corrected chi connectivity index (χ3v) is 6.31. The number of hydrogen-bond acceptors (Lipinski definition) is 4. The van der Waals surface area contributed by atoms with Gasteiger partial charge in [0, 0.05) is 12.0 Å². The van der Waals surface area contributed by atoms with Crippen LogP contribution >= 0.6 is 0 Å². The molecule has 1 spiro atoms. The van der Waals surface area contributed by atoms with Crippen LogP contribution in [0.3, 0.4) is 0 Å². The van der Waals surface area contributed by atoms with Crippen LogP contribution in [-0.2, 0) is 9.47 Å². The van der Waals surface area contributed by atoms with Crippen LogP contribution in [0.2, 0.25) is 0 Å². The normalized spacial score (nSPS) is 21.4. The molecule has 0 atom stereocenters. The fraction of sp³-hybridized carbons (Fsp3) is 0.826. The molecule has 0 aromatic carbocycles. The Bertz CT molecular complexity index is 494. The number of ether oxygens (including phenoxy) is 2. The van der Waals surface area contributed by atoms with Gasteiger partial charge in [0.25, 0.3) is 0 Å². The molecule has 0 saturated carbocycles. The summed E-state index contributed by atoms with van der Waals surface area (Å²) in [5.41, 5.74) is 0.000593. The quantitative estimate of drug-likeness (QED) is 0.487. The lowest BCUT2D eigenvalue weighted by molar-refractivity contribution is 0.0936. The van der Waals surface area contributed by atoms with Crippen molar-refractivity contribution in [3.05, 3.63) is 23.7 Å². The van der Waals surface area contributed by atoms with E-state index in [4.69, 9.17) is 9.47 Å². The summed E-state index contributed by atoms with van der Waals surface area (Å²) < 4.78 is 12.0. The summed E-state index contributed by atoms with van der Waals surface area (Å²) in [6.07, 6.45) is 13.0. The molecule has 1 saturated heterocycles. The summed E-state index contributed by atoms with van der Waals surface area (Å²) in [5, 5.41) is 0. The smallest absolute Gasteiger partial charge is 0.106 e. The van der Waals surface area contributed by atoms with E-state index in [-0.39, 0.29) is 10.8 Å². The maximum absolute atomic E-state index is 6.01. The van der Waals surface area contributed by atoms with Gasteiger partial charge in [-0.1, -0.05) is 26.7 Å². The molecule has 1 aliphatic heterocycles. The van der Waals surface area contributed by atoms with Crippen LogP contribution in [0.5, 0.6) is 0 Å². The molecule has 0 aromatic heterocycles. The van der Waals surface area contributed by atoms with Gasteiger partial charge < -0.3 is 19.3 Å². The highest BCUT2D eigenvalue weighted by Crippen LogP contribution is 2.53. The van der Waals surface area contributed by atoms with Crippen molar-refractivity contribution in [1.82, 2.24) is 9.80 Å². The molecule has 1 heterocycles. The molecule has 0 aromatic rings. The standard InChI is InChI=1S/C23H42N2O2/c1-7-11-23(12-8-2)20(26-5)17-22(18-21(23)27-6)13-16-25(19-22)15-10-9-14-24(3)4/h17-18H,7-16,19H2,1-6H3. The van der Waals surface area contributed by atoms with E-state index < -0.39 is 0 Å². The predicted molar refractivity (Wildman–Crippen MR) is 114 cm³/mol. The Balaban J connectivity index is 2.15. The summed E-state index contributed by atoms with van der Waals surface area (Å²) >= 11 is 0. The monoisotopic (exact) mass is 378 g/mol. The van der Waals surface area contributed by atoms with Gasteiger partial charge in [-0.3, -0.25) is 0 Å². The Hall–Kier alpha value is -1.00. The maximum atomic E-state index is 6.01. The number of unbranched alkanes of at least 4 members (excludes halogenated alkanes) is 1. The zero-order valence-corrected chi connectivity index (χ0v) is 18.6. The second-order valence-electron chi connectivity index (χ2n) is 8.78. The summed E-state index contributed by atoms with van der Waals surface area (Å²) in [5.74, 6) is 2.28. The summed E-state index contributed by atoms with van der Waals surface area (Å²) in [4.78, 5) is 4.89. The molecule has 1 aliphatic carbocycles. The summed E-state index contributed by atoms with van der Waals surface area (Å²) in [7, 11) is 7.98. The Labute approximate surface area is 167 Å². The first-order valence-corrected chi connectivity index (χ1v) is 10.9. The Kier molecular flexibility index (Phi) is 8.23. The van der Waals surface area contributed by atoms with Gasteiger partial charge in [0.2, 0.25) is 0 Å². The van der Waals surface area contributed by atoms with Gasteiger partial charge >= 0.3 is 0 Å². The van der Waals surface area contributed by atoms with E-state index in [1.807, 2.05) is 14.2 Å². The highest BCUT2D eigenvalue weighted by Gasteiger charge is 2.48. The molecule has 1 fully saturated rings. The van der Waals surface area contributed by atoms with Gasteiger partial charge in [0.05, 0.1) is 19.6 Å². The van der Waals surface area contributed by atoms with Crippen molar-refractivity contribution < 1.29 is 9.47 Å². The molecule has 156 valence electrons. The molecule has 0 N–H and O–H groups in total. The van der Waals surface area contributed by atoms with Gasteiger partial charge in [0.15, 0.2) is 0 Å². The zero-order valence-electron chi connectivity index (χ0n) is 18.6. The average Bonchev–Trinajstić information content (AvgIpc) is 3.03. The van der Waals surface area contributed by atoms with Crippen molar-refractivity contribution in [3.63, 3.8) is 0 Å². The molecule has 27 heavy (non-hydrogen) atoms. The minimum atomic E-state index is -0.0720. The van der Waals surface area contributed by atoms with Crippen LogP contribution in [0.25, 0.3) is 0 Å². The topological polar surface area (TPSA) is 24.9 Å². The van der Waals surface area contributed by atoms with Crippen molar-refractivity contribution in [2.24, 2.45) is 10.8 Å². The Morgan fingerprint density at radius 2 is 1.59 bits per heavy atom. The maximum Gasteiger partial charge on any atom is 0.106 e. The fourth-order valence-electron chi connectivity index (χ4n) is 5.07. The second-order valence-corrected chi connectivity index (χ2v) is 8.78. The van der Waals surface area contributed by atoms with Crippen LogP contribution < -0.4 is 0 Å². The van der Waals surface area contributed by atoms with E-state index in [1.54, 1.807) is 0 Å². The molecule has 2 rings (SSSR count). The first-order chi connectivity index (χ1) is 12.9. The largest absolute Gasteiger partial charge is 0.500 e. The average molecular weight is 379 g/mol. The molecule has 0 radical (unpaired) electrons. The first kappa shape index (κ1) is 22.3. The lowest BCUT2D eigenvalue weighted by Gasteiger charge is -2.42. The molecule has 0 bridgehead atoms. The minimum Gasteiger partial charge on any atom is -0.500 e. The second kappa shape index (κ2) is 9.97.